The highest BCUT2D eigenvalue weighted by Crippen LogP contribution is 2.23. The minimum absolute atomic E-state index is 0.0277. The molecule has 150 valence electrons. The highest BCUT2D eigenvalue weighted by molar-refractivity contribution is 9.10. The third-order valence-electron chi connectivity index (χ3n) is 4.42. The van der Waals surface area contributed by atoms with Crippen LogP contribution in [0.1, 0.15) is 21.5 Å². The maximum absolute atomic E-state index is 12.8. The number of ketones is 1. The van der Waals surface area contributed by atoms with E-state index in [1.807, 2.05) is 50.5 Å². The molecular formula is C23H30BrN3O. The quantitative estimate of drug-likeness (QED) is 0.423. The lowest BCUT2D eigenvalue weighted by Gasteiger charge is -2.22. The number of halogens is 1. The fourth-order valence-corrected chi connectivity index (χ4v) is 3.39. The van der Waals surface area contributed by atoms with E-state index in [-0.39, 0.29) is 5.78 Å². The molecule has 0 aliphatic heterocycles. The van der Waals surface area contributed by atoms with E-state index in [1.54, 1.807) is 6.08 Å². The van der Waals surface area contributed by atoms with Crippen molar-refractivity contribution in [1.29, 1.82) is 0 Å². The van der Waals surface area contributed by atoms with Gasteiger partial charge in [0.2, 0.25) is 0 Å². The Morgan fingerprint density at radius 1 is 0.964 bits per heavy atom. The van der Waals surface area contributed by atoms with Crippen LogP contribution in [0.15, 0.2) is 53.0 Å². The Kier molecular flexibility index (Phi) is 8.42. The number of hydrogen-bond acceptors (Lipinski definition) is 4. The zero-order chi connectivity index (χ0) is 20.7. The summed E-state index contributed by atoms with van der Waals surface area (Å²) in [5.74, 6) is 0.0277. The maximum atomic E-state index is 12.8. The average Bonchev–Trinajstić information content (AvgIpc) is 2.63. The molecule has 0 radical (unpaired) electrons. The minimum atomic E-state index is 0.0277. The third-order valence-corrected chi connectivity index (χ3v) is 4.88. The molecule has 0 N–H and O–H groups in total. The van der Waals surface area contributed by atoms with E-state index in [4.69, 9.17) is 0 Å². The van der Waals surface area contributed by atoms with Crippen LogP contribution >= 0.6 is 15.9 Å². The zero-order valence-electron chi connectivity index (χ0n) is 17.4. The lowest BCUT2D eigenvalue weighted by Crippen LogP contribution is -2.28. The van der Waals surface area contributed by atoms with E-state index in [0.29, 0.717) is 0 Å². The standard InChI is InChI=1S/C23H30BrN3O/c1-25(2)12-13-27(5)21-15-18(14-20(24)16-21)10-11-23(28)22-9-7-6-8-19(22)17-26(3)4/h6-11,14-16H,12-13,17H2,1-5H3/b11-10+. The second kappa shape index (κ2) is 10.6. The van der Waals surface area contributed by atoms with Gasteiger partial charge < -0.3 is 14.7 Å². The van der Waals surface area contributed by atoms with Gasteiger partial charge in [-0.3, -0.25) is 4.79 Å². The van der Waals surface area contributed by atoms with Crippen LogP contribution in [0.3, 0.4) is 0 Å². The molecule has 0 heterocycles. The van der Waals surface area contributed by atoms with Gasteiger partial charge in [-0.25, -0.2) is 0 Å². The zero-order valence-corrected chi connectivity index (χ0v) is 19.0. The van der Waals surface area contributed by atoms with Crippen molar-refractivity contribution in [3.8, 4) is 0 Å². The summed E-state index contributed by atoms with van der Waals surface area (Å²) in [7, 11) is 10.2. The van der Waals surface area contributed by atoms with E-state index in [0.717, 1.165) is 46.5 Å². The summed E-state index contributed by atoms with van der Waals surface area (Å²) in [4.78, 5) is 19.2. The van der Waals surface area contributed by atoms with Crippen molar-refractivity contribution in [3.63, 3.8) is 0 Å². The topological polar surface area (TPSA) is 26.8 Å². The number of carbonyl (C=O) groups is 1. The Bertz CT molecular complexity index is 830. The monoisotopic (exact) mass is 443 g/mol. The van der Waals surface area contributed by atoms with Crippen LogP contribution in [-0.2, 0) is 6.54 Å². The highest BCUT2D eigenvalue weighted by atomic mass is 79.9. The van der Waals surface area contributed by atoms with Crippen LogP contribution < -0.4 is 4.90 Å². The summed E-state index contributed by atoms with van der Waals surface area (Å²) < 4.78 is 1.00. The number of rotatable bonds is 9. The normalized spacial score (nSPS) is 11.6. The van der Waals surface area contributed by atoms with Gasteiger partial charge in [0.05, 0.1) is 0 Å². The number of hydrogen-bond donors (Lipinski definition) is 0. The predicted molar refractivity (Wildman–Crippen MR) is 123 cm³/mol. The van der Waals surface area contributed by atoms with Gasteiger partial charge in [0.15, 0.2) is 5.78 Å². The Morgan fingerprint density at radius 2 is 1.68 bits per heavy atom. The smallest absolute Gasteiger partial charge is 0.186 e. The van der Waals surface area contributed by atoms with E-state index in [9.17, 15) is 4.79 Å². The maximum Gasteiger partial charge on any atom is 0.186 e. The number of benzene rings is 2. The molecule has 2 rings (SSSR count). The first-order chi connectivity index (χ1) is 13.3. The van der Waals surface area contributed by atoms with Crippen LogP contribution in [-0.4, -0.2) is 63.9 Å². The van der Waals surface area contributed by atoms with Gasteiger partial charge in [-0.15, -0.1) is 0 Å². The average molecular weight is 444 g/mol. The lowest BCUT2D eigenvalue weighted by atomic mass is 10.0. The van der Waals surface area contributed by atoms with Gasteiger partial charge in [0.25, 0.3) is 0 Å². The third kappa shape index (κ3) is 6.89. The number of carbonyl (C=O) groups excluding carboxylic acids is 1. The van der Waals surface area contributed by atoms with Crippen molar-refractivity contribution in [2.75, 3.05) is 53.2 Å². The van der Waals surface area contributed by atoms with Crippen LogP contribution in [0.25, 0.3) is 6.08 Å². The molecule has 0 unspecified atom stereocenters. The largest absolute Gasteiger partial charge is 0.373 e. The Labute approximate surface area is 177 Å². The predicted octanol–water partition coefficient (Wildman–Crippen LogP) is 4.40. The molecule has 0 saturated carbocycles. The van der Waals surface area contributed by atoms with Crippen molar-refractivity contribution in [2.24, 2.45) is 0 Å². The van der Waals surface area contributed by atoms with Crippen LogP contribution in [0, 0.1) is 0 Å². The number of anilines is 1. The minimum Gasteiger partial charge on any atom is -0.373 e. The van der Waals surface area contributed by atoms with Gasteiger partial charge in [-0.1, -0.05) is 46.3 Å². The van der Waals surface area contributed by atoms with Gasteiger partial charge in [-0.2, -0.15) is 0 Å². The van der Waals surface area contributed by atoms with Crippen molar-refractivity contribution >= 4 is 33.5 Å². The molecule has 0 atom stereocenters. The molecule has 28 heavy (non-hydrogen) atoms. The molecule has 4 nitrogen and oxygen atoms in total. The summed E-state index contributed by atoms with van der Waals surface area (Å²) in [5, 5.41) is 0. The fourth-order valence-electron chi connectivity index (χ4n) is 2.89. The van der Waals surface area contributed by atoms with Crippen molar-refractivity contribution in [3.05, 3.63) is 69.7 Å². The summed E-state index contributed by atoms with van der Waals surface area (Å²) in [5.41, 5.74) is 3.92. The van der Waals surface area contributed by atoms with E-state index < -0.39 is 0 Å². The second-order valence-electron chi connectivity index (χ2n) is 7.56. The number of allylic oxidation sites excluding steroid dienone is 1. The first kappa shape index (κ1) is 22.3. The summed E-state index contributed by atoms with van der Waals surface area (Å²) >= 11 is 3.59. The van der Waals surface area contributed by atoms with Crippen LogP contribution in [0.4, 0.5) is 5.69 Å². The highest BCUT2D eigenvalue weighted by Gasteiger charge is 2.09. The molecule has 2 aromatic rings. The molecule has 0 spiro atoms. The van der Waals surface area contributed by atoms with E-state index in [2.05, 4.69) is 63.9 Å². The summed E-state index contributed by atoms with van der Waals surface area (Å²) in [6.07, 6.45) is 3.56. The van der Waals surface area contributed by atoms with E-state index in [1.165, 1.54) is 0 Å². The Hall–Kier alpha value is -1.95. The first-order valence-electron chi connectivity index (χ1n) is 9.38. The van der Waals surface area contributed by atoms with Gasteiger partial charge >= 0.3 is 0 Å². The molecule has 0 saturated heterocycles. The Morgan fingerprint density at radius 3 is 2.36 bits per heavy atom. The SMILES string of the molecule is CN(C)CCN(C)c1cc(Br)cc(/C=C/C(=O)c2ccccc2CN(C)C)c1. The molecular weight excluding hydrogens is 414 g/mol. The van der Waals surface area contributed by atoms with Gasteiger partial charge in [0, 0.05) is 42.4 Å². The second-order valence-corrected chi connectivity index (χ2v) is 8.48. The van der Waals surface area contributed by atoms with Crippen molar-refractivity contribution in [2.45, 2.75) is 6.54 Å². The molecule has 0 bridgehead atoms. The molecule has 0 amide bonds. The molecule has 0 aliphatic rings. The van der Waals surface area contributed by atoms with Gasteiger partial charge in [-0.05, 0) is 63.6 Å². The van der Waals surface area contributed by atoms with Crippen molar-refractivity contribution in [1.82, 2.24) is 9.80 Å². The van der Waals surface area contributed by atoms with E-state index >= 15 is 0 Å². The summed E-state index contributed by atoms with van der Waals surface area (Å²) in [6.45, 7) is 2.66. The summed E-state index contributed by atoms with van der Waals surface area (Å²) in [6, 6.07) is 14.0. The molecule has 0 aromatic heterocycles. The van der Waals surface area contributed by atoms with Crippen LogP contribution in [0.2, 0.25) is 0 Å². The van der Waals surface area contributed by atoms with Gasteiger partial charge in [0.1, 0.15) is 0 Å². The number of likely N-dealkylation sites (N-methyl/N-ethyl adjacent to an activating group) is 2. The van der Waals surface area contributed by atoms with Crippen LogP contribution in [0.5, 0.6) is 0 Å². The molecule has 0 fully saturated rings. The molecule has 2 aromatic carbocycles. The Balaban J connectivity index is 2.19. The lowest BCUT2D eigenvalue weighted by molar-refractivity contribution is 0.104. The molecule has 0 aliphatic carbocycles. The number of nitrogens with zero attached hydrogens (tertiary/aromatic N) is 3. The first-order valence-corrected chi connectivity index (χ1v) is 10.2. The van der Waals surface area contributed by atoms with Crippen molar-refractivity contribution < 1.29 is 4.79 Å². The fraction of sp³-hybridized carbons (Fsp3) is 0.348. The molecule has 5 heteroatoms.